The fraction of sp³-hybridized carbons (Fsp3) is 0.471. The average Bonchev–Trinajstić information content (AvgIpc) is 2.47. The van der Waals surface area contributed by atoms with Crippen LogP contribution in [0.1, 0.15) is 48.9 Å². The lowest BCUT2D eigenvalue weighted by Gasteiger charge is -2.24. The molecule has 1 saturated carbocycles. The molecular formula is C17H21N5. The van der Waals surface area contributed by atoms with Gasteiger partial charge in [-0.1, -0.05) is 19.3 Å². The van der Waals surface area contributed by atoms with Crippen LogP contribution >= 0.6 is 0 Å². The summed E-state index contributed by atoms with van der Waals surface area (Å²) < 4.78 is 0. The molecular weight excluding hydrogens is 274 g/mol. The highest BCUT2D eigenvalue weighted by molar-refractivity contribution is 5.97. The Kier molecular flexibility index (Phi) is 3.84. The van der Waals surface area contributed by atoms with Gasteiger partial charge in [-0.2, -0.15) is 5.26 Å². The monoisotopic (exact) mass is 295 g/mol. The van der Waals surface area contributed by atoms with Crippen LogP contribution in [0, 0.1) is 25.2 Å². The summed E-state index contributed by atoms with van der Waals surface area (Å²) in [7, 11) is 0. The number of anilines is 2. The van der Waals surface area contributed by atoms with E-state index in [9.17, 15) is 5.26 Å². The number of aryl methyl sites for hydroxylation is 2. The van der Waals surface area contributed by atoms with E-state index >= 15 is 0 Å². The van der Waals surface area contributed by atoms with E-state index in [-0.39, 0.29) is 0 Å². The van der Waals surface area contributed by atoms with Gasteiger partial charge < -0.3 is 11.1 Å². The van der Waals surface area contributed by atoms with Crippen LogP contribution in [0.25, 0.3) is 10.9 Å². The van der Waals surface area contributed by atoms with Crippen molar-refractivity contribution >= 4 is 22.5 Å². The molecule has 22 heavy (non-hydrogen) atoms. The number of aromatic nitrogens is 2. The number of nitriles is 1. The molecule has 114 valence electrons. The number of hydrogen-bond acceptors (Lipinski definition) is 5. The van der Waals surface area contributed by atoms with E-state index in [1.807, 2.05) is 19.9 Å². The third kappa shape index (κ3) is 2.57. The van der Waals surface area contributed by atoms with E-state index in [4.69, 9.17) is 5.73 Å². The van der Waals surface area contributed by atoms with Crippen molar-refractivity contribution in [3.8, 4) is 6.07 Å². The predicted octanol–water partition coefficient (Wildman–Crippen LogP) is 3.45. The van der Waals surface area contributed by atoms with E-state index in [0.29, 0.717) is 28.8 Å². The number of pyridine rings is 2. The molecule has 0 radical (unpaired) electrons. The topological polar surface area (TPSA) is 87.6 Å². The van der Waals surface area contributed by atoms with E-state index in [0.717, 1.165) is 29.5 Å². The number of nitrogens with two attached hydrogens (primary N) is 1. The summed E-state index contributed by atoms with van der Waals surface area (Å²) in [4.78, 5) is 9.00. The Bertz CT molecular complexity index is 754. The summed E-state index contributed by atoms with van der Waals surface area (Å²) in [5.74, 6) is 1.02. The number of nitrogen functional groups attached to an aromatic ring is 1. The van der Waals surface area contributed by atoms with Crippen molar-refractivity contribution < 1.29 is 0 Å². The maximum atomic E-state index is 9.61. The Morgan fingerprint density at radius 2 is 1.95 bits per heavy atom. The molecule has 3 N–H and O–H groups in total. The zero-order chi connectivity index (χ0) is 15.7. The van der Waals surface area contributed by atoms with Gasteiger partial charge >= 0.3 is 0 Å². The second-order valence-electron chi connectivity index (χ2n) is 6.12. The molecule has 1 aliphatic carbocycles. The fourth-order valence-electron chi connectivity index (χ4n) is 3.34. The Labute approximate surface area is 130 Å². The van der Waals surface area contributed by atoms with Crippen molar-refractivity contribution in [3.05, 3.63) is 22.9 Å². The molecule has 0 spiro atoms. The molecule has 0 aromatic carbocycles. The van der Waals surface area contributed by atoms with Crippen molar-refractivity contribution in [2.45, 2.75) is 52.0 Å². The van der Waals surface area contributed by atoms with Crippen LogP contribution in [-0.2, 0) is 0 Å². The van der Waals surface area contributed by atoms with Crippen LogP contribution in [0.4, 0.5) is 11.6 Å². The molecule has 3 rings (SSSR count). The van der Waals surface area contributed by atoms with Crippen LogP contribution in [0.3, 0.4) is 0 Å². The normalized spacial score (nSPS) is 15.7. The SMILES string of the molecule is Cc1cc(C)c2c(N)nc(NC3CCCCC3)c(C#N)c2n1. The molecule has 2 aromatic heterocycles. The molecule has 0 atom stereocenters. The van der Waals surface area contributed by atoms with Gasteiger partial charge in [0, 0.05) is 17.1 Å². The van der Waals surface area contributed by atoms with Gasteiger partial charge in [0.1, 0.15) is 23.3 Å². The Morgan fingerprint density at radius 3 is 2.64 bits per heavy atom. The molecule has 0 amide bonds. The zero-order valence-corrected chi connectivity index (χ0v) is 13.1. The minimum Gasteiger partial charge on any atom is -0.383 e. The summed E-state index contributed by atoms with van der Waals surface area (Å²) in [6.07, 6.45) is 5.96. The first kappa shape index (κ1) is 14.6. The minimum atomic E-state index is 0.371. The Hall–Kier alpha value is -2.35. The van der Waals surface area contributed by atoms with E-state index < -0.39 is 0 Å². The van der Waals surface area contributed by atoms with Gasteiger partial charge in [-0.3, -0.25) is 4.98 Å². The number of fused-ring (bicyclic) bond motifs is 1. The summed E-state index contributed by atoms with van der Waals surface area (Å²) in [6, 6.07) is 4.61. The molecule has 0 bridgehead atoms. The Balaban J connectivity index is 2.12. The van der Waals surface area contributed by atoms with Crippen LogP contribution in [0.5, 0.6) is 0 Å². The molecule has 2 heterocycles. The quantitative estimate of drug-likeness (QED) is 0.886. The molecule has 5 nitrogen and oxygen atoms in total. The Morgan fingerprint density at radius 1 is 1.23 bits per heavy atom. The van der Waals surface area contributed by atoms with Crippen molar-refractivity contribution in [3.63, 3.8) is 0 Å². The van der Waals surface area contributed by atoms with Crippen LogP contribution in [-0.4, -0.2) is 16.0 Å². The molecule has 0 unspecified atom stereocenters. The fourth-order valence-corrected chi connectivity index (χ4v) is 3.34. The van der Waals surface area contributed by atoms with Gasteiger partial charge in [0.25, 0.3) is 0 Å². The lowest BCUT2D eigenvalue weighted by atomic mass is 9.95. The molecule has 0 aliphatic heterocycles. The summed E-state index contributed by atoms with van der Waals surface area (Å²) >= 11 is 0. The van der Waals surface area contributed by atoms with Crippen molar-refractivity contribution in [2.75, 3.05) is 11.1 Å². The van der Waals surface area contributed by atoms with Crippen molar-refractivity contribution in [1.29, 1.82) is 5.26 Å². The third-order valence-electron chi connectivity index (χ3n) is 4.36. The number of hydrogen-bond donors (Lipinski definition) is 2. The maximum Gasteiger partial charge on any atom is 0.148 e. The van der Waals surface area contributed by atoms with Gasteiger partial charge in [-0.15, -0.1) is 0 Å². The van der Waals surface area contributed by atoms with Crippen LogP contribution in [0.15, 0.2) is 6.07 Å². The summed E-state index contributed by atoms with van der Waals surface area (Å²) in [6.45, 7) is 3.91. The van der Waals surface area contributed by atoms with Gasteiger partial charge in [-0.25, -0.2) is 4.98 Å². The summed E-state index contributed by atoms with van der Waals surface area (Å²) in [5.41, 5.74) is 9.19. The van der Waals surface area contributed by atoms with Crippen molar-refractivity contribution in [2.24, 2.45) is 0 Å². The van der Waals surface area contributed by atoms with E-state index in [1.54, 1.807) is 0 Å². The number of nitrogens with zero attached hydrogens (tertiary/aromatic N) is 3. The average molecular weight is 295 g/mol. The minimum absolute atomic E-state index is 0.371. The molecule has 5 heteroatoms. The molecule has 2 aromatic rings. The molecule has 1 aliphatic rings. The number of nitrogens with one attached hydrogen (secondary N) is 1. The molecule has 1 fully saturated rings. The standard InChI is InChI=1S/C17H21N5/c1-10-8-11(2)20-15-13(9-18)17(22-16(19)14(10)15)21-12-6-4-3-5-7-12/h8,12H,3-7H2,1-2H3,(H3,19,21,22). The van der Waals surface area contributed by atoms with Gasteiger partial charge in [-0.05, 0) is 38.3 Å². The first-order valence-corrected chi connectivity index (χ1v) is 7.84. The first-order valence-electron chi connectivity index (χ1n) is 7.84. The summed E-state index contributed by atoms with van der Waals surface area (Å²) in [5, 5.41) is 13.8. The largest absolute Gasteiger partial charge is 0.383 e. The van der Waals surface area contributed by atoms with E-state index in [1.165, 1.54) is 19.3 Å². The van der Waals surface area contributed by atoms with E-state index in [2.05, 4.69) is 21.4 Å². The second kappa shape index (κ2) is 5.80. The van der Waals surface area contributed by atoms with Crippen LogP contribution < -0.4 is 11.1 Å². The lowest BCUT2D eigenvalue weighted by Crippen LogP contribution is -2.23. The van der Waals surface area contributed by atoms with Gasteiger partial charge in [0.2, 0.25) is 0 Å². The third-order valence-corrected chi connectivity index (χ3v) is 4.36. The zero-order valence-electron chi connectivity index (χ0n) is 13.1. The second-order valence-corrected chi connectivity index (χ2v) is 6.12. The first-order chi connectivity index (χ1) is 10.6. The maximum absolute atomic E-state index is 9.61. The highest BCUT2D eigenvalue weighted by Crippen LogP contribution is 2.31. The highest BCUT2D eigenvalue weighted by atomic mass is 15.0. The van der Waals surface area contributed by atoms with Crippen molar-refractivity contribution in [1.82, 2.24) is 9.97 Å². The van der Waals surface area contributed by atoms with Crippen LogP contribution in [0.2, 0.25) is 0 Å². The highest BCUT2D eigenvalue weighted by Gasteiger charge is 2.19. The molecule has 0 saturated heterocycles. The number of rotatable bonds is 2. The lowest BCUT2D eigenvalue weighted by molar-refractivity contribution is 0.462. The smallest absolute Gasteiger partial charge is 0.148 e. The van der Waals surface area contributed by atoms with Gasteiger partial charge in [0.15, 0.2) is 0 Å². The predicted molar refractivity (Wildman–Crippen MR) is 88.6 cm³/mol. The van der Waals surface area contributed by atoms with Gasteiger partial charge in [0.05, 0.1) is 5.52 Å².